The van der Waals surface area contributed by atoms with Gasteiger partial charge in [0.15, 0.2) is 5.11 Å². The summed E-state index contributed by atoms with van der Waals surface area (Å²) in [7, 11) is 1.91. The Balaban J connectivity index is 3.71. The number of nitrogens with zero attached hydrogens (tertiary/aromatic N) is 2. The van der Waals surface area contributed by atoms with Gasteiger partial charge in [0.1, 0.15) is 0 Å². The van der Waals surface area contributed by atoms with Crippen LogP contribution in [0.2, 0.25) is 0 Å². The minimum Gasteiger partial charge on any atom is -0.363 e. The zero-order chi connectivity index (χ0) is 11.0. The fourth-order valence-electron chi connectivity index (χ4n) is 1.04. The molecule has 0 aliphatic heterocycles. The predicted octanol–water partition coefficient (Wildman–Crippen LogP) is 1.75. The molecule has 14 heavy (non-hydrogen) atoms. The Morgan fingerprint density at radius 3 is 2.79 bits per heavy atom. The Kier molecular flexibility index (Phi) is 7.13. The van der Waals surface area contributed by atoms with E-state index >= 15 is 0 Å². The van der Waals surface area contributed by atoms with Crippen molar-refractivity contribution in [2.75, 3.05) is 20.1 Å². The van der Waals surface area contributed by atoms with E-state index in [4.69, 9.17) is 17.5 Å². The third kappa shape index (κ3) is 5.76. The Morgan fingerprint density at radius 1 is 1.64 bits per heavy atom. The lowest BCUT2D eigenvalue weighted by Gasteiger charge is -2.21. The lowest BCUT2D eigenvalue weighted by molar-refractivity contribution is 0.446. The topological polar surface area (TPSA) is 39.1 Å². The summed E-state index contributed by atoms with van der Waals surface area (Å²) in [5.74, 6) is 0.0194. The molecule has 1 atom stereocenters. The third-order valence-electron chi connectivity index (χ3n) is 1.92. The highest BCUT2D eigenvalue weighted by molar-refractivity contribution is 7.80. The maximum Gasteiger partial charge on any atom is 0.168 e. The highest BCUT2D eigenvalue weighted by Gasteiger charge is 2.07. The molecule has 0 saturated heterocycles. The van der Waals surface area contributed by atoms with Crippen molar-refractivity contribution in [2.45, 2.75) is 26.7 Å². The van der Waals surface area contributed by atoms with Gasteiger partial charge in [0.2, 0.25) is 0 Å². The molecule has 0 radical (unpaired) electrons. The van der Waals surface area contributed by atoms with Crippen LogP contribution in [0.3, 0.4) is 0 Å². The first kappa shape index (κ1) is 13.2. The van der Waals surface area contributed by atoms with Gasteiger partial charge >= 0.3 is 0 Å². The lowest BCUT2D eigenvalue weighted by Crippen LogP contribution is -2.39. The largest absolute Gasteiger partial charge is 0.363 e. The van der Waals surface area contributed by atoms with E-state index in [1.54, 1.807) is 0 Å². The van der Waals surface area contributed by atoms with Crippen molar-refractivity contribution in [3.8, 4) is 6.07 Å². The molecule has 4 heteroatoms. The van der Waals surface area contributed by atoms with Crippen molar-refractivity contribution in [1.29, 1.82) is 5.26 Å². The number of nitrogens with one attached hydrogen (secondary N) is 1. The van der Waals surface area contributed by atoms with E-state index in [1.807, 2.05) is 18.9 Å². The Labute approximate surface area is 92.1 Å². The minimum atomic E-state index is 0.0194. The molecular formula is C10H19N3S. The number of rotatable bonds is 5. The predicted molar refractivity (Wildman–Crippen MR) is 62.9 cm³/mol. The molecule has 0 bridgehead atoms. The zero-order valence-corrected chi connectivity index (χ0v) is 10.0. The van der Waals surface area contributed by atoms with Gasteiger partial charge in [-0.25, -0.2) is 0 Å². The molecule has 1 N–H and O–H groups in total. The van der Waals surface area contributed by atoms with Crippen LogP contribution in [-0.2, 0) is 0 Å². The Morgan fingerprint density at radius 2 is 2.29 bits per heavy atom. The van der Waals surface area contributed by atoms with Crippen molar-refractivity contribution in [3.63, 3.8) is 0 Å². The van der Waals surface area contributed by atoms with Crippen LogP contribution >= 0.6 is 12.2 Å². The van der Waals surface area contributed by atoms with Crippen LogP contribution in [0.5, 0.6) is 0 Å². The second kappa shape index (κ2) is 7.57. The lowest BCUT2D eigenvalue weighted by atomic mass is 10.2. The average molecular weight is 213 g/mol. The number of hydrogen-bond donors (Lipinski definition) is 1. The normalized spacial score (nSPS) is 11.6. The van der Waals surface area contributed by atoms with Crippen LogP contribution < -0.4 is 5.32 Å². The van der Waals surface area contributed by atoms with Crippen molar-refractivity contribution in [1.82, 2.24) is 10.2 Å². The van der Waals surface area contributed by atoms with Gasteiger partial charge in [-0.1, -0.05) is 13.3 Å². The summed E-state index contributed by atoms with van der Waals surface area (Å²) >= 11 is 5.16. The van der Waals surface area contributed by atoms with Gasteiger partial charge in [-0.05, 0) is 25.6 Å². The summed E-state index contributed by atoms with van der Waals surface area (Å²) in [5.41, 5.74) is 0. The highest BCUT2D eigenvalue weighted by Crippen LogP contribution is 1.96. The van der Waals surface area contributed by atoms with Gasteiger partial charge in [-0.15, -0.1) is 0 Å². The molecule has 0 aliphatic carbocycles. The van der Waals surface area contributed by atoms with Gasteiger partial charge in [0.05, 0.1) is 12.0 Å². The highest BCUT2D eigenvalue weighted by atomic mass is 32.1. The standard InChI is InChI=1S/C10H19N3S/c1-4-5-6-12-10(14)13(3)8-9(2)7-11/h9H,4-6,8H2,1-3H3,(H,12,14). The smallest absolute Gasteiger partial charge is 0.168 e. The number of hydrogen-bond acceptors (Lipinski definition) is 2. The van der Waals surface area contributed by atoms with Crippen LogP contribution in [0, 0.1) is 17.2 Å². The quantitative estimate of drug-likeness (QED) is 0.558. The monoisotopic (exact) mass is 213 g/mol. The van der Waals surface area contributed by atoms with Crippen molar-refractivity contribution < 1.29 is 0 Å². The van der Waals surface area contributed by atoms with Crippen molar-refractivity contribution in [3.05, 3.63) is 0 Å². The van der Waals surface area contributed by atoms with Crippen molar-refractivity contribution >= 4 is 17.3 Å². The first-order valence-corrected chi connectivity index (χ1v) is 5.41. The SMILES string of the molecule is CCCCNC(=S)N(C)CC(C)C#N. The van der Waals surface area contributed by atoms with Gasteiger partial charge < -0.3 is 10.2 Å². The van der Waals surface area contributed by atoms with Crippen LogP contribution in [0.1, 0.15) is 26.7 Å². The second-order valence-corrected chi connectivity index (χ2v) is 3.88. The summed E-state index contributed by atoms with van der Waals surface area (Å²) in [6.45, 7) is 5.65. The molecule has 0 spiro atoms. The zero-order valence-electron chi connectivity index (χ0n) is 9.21. The molecule has 1 unspecified atom stereocenters. The van der Waals surface area contributed by atoms with E-state index in [1.165, 1.54) is 0 Å². The first-order valence-electron chi connectivity index (χ1n) is 5.00. The summed E-state index contributed by atoms with van der Waals surface area (Å²) < 4.78 is 0. The summed E-state index contributed by atoms with van der Waals surface area (Å²) in [4.78, 5) is 1.92. The van der Waals surface area contributed by atoms with E-state index in [0.29, 0.717) is 6.54 Å². The van der Waals surface area contributed by atoms with Gasteiger partial charge in [0.25, 0.3) is 0 Å². The van der Waals surface area contributed by atoms with Crippen LogP contribution in [0.4, 0.5) is 0 Å². The molecule has 0 aliphatic rings. The average Bonchev–Trinajstić information content (AvgIpc) is 2.17. The maximum atomic E-state index is 8.64. The Hall–Kier alpha value is -0.820. The molecule has 3 nitrogen and oxygen atoms in total. The fourth-order valence-corrected chi connectivity index (χ4v) is 1.22. The Bertz CT molecular complexity index is 210. The van der Waals surface area contributed by atoms with Crippen molar-refractivity contribution in [2.24, 2.45) is 5.92 Å². The van der Waals surface area contributed by atoms with E-state index in [0.717, 1.165) is 24.5 Å². The summed E-state index contributed by atoms with van der Waals surface area (Å²) in [6, 6.07) is 2.19. The van der Waals surface area contributed by atoms with Gasteiger partial charge in [-0.3, -0.25) is 0 Å². The molecule has 0 heterocycles. The molecule has 0 amide bonds. The maximum absolute atomic E-state index is 8.64. The molecule has 0 aromatic rings. The first-order chi connectivity index (χ1) is 6.61. The van der Waals surface area contributed by atoms with E-state index in [2.05, 4.69) is 18.3 Å². The molecule has 0 rings (SSSR count). The van der Waals surface area contributed by atoms with Crippen LogP contribution in [-0.4, -0.2) is 30.1 Å². The second-order valence-electron chi connectivity index (χ2n) is 3.50. The number of nitriles is 1. The summed E-state index contributed by atoms with van der Waals surface area (Å²) in [5, 5.41) is 12.5. The molecular weight excluding hydrogens is 194 g/mol. The van der Waals surface area contributed by atoms with Gasteiger partial charge in [-0.2, -0.15) is 5.26 Å². The molecule has 0 saturated carbocycles. The molecule has 0 fully saturated rings. The molecule has 80 valence electrons. The van der Waals surface area contributed by atoms with E-state index in [9.17, 15) is 0 Å². The van der Waals surface area contributed by atoms with Crippen LogP contribution in [0.25, 0.3) is 0 Å². The van der Waals surface area contributed by atoms with E-state index < -0.39 is 0 Å². The number of unbranched alkanes of at least 4 members (excludes halogenated alkanes) is 1. The molecule has 0 aromatic carbocycles. The summed E-state index contributed by atoms with van der Waals surface area (Å²) in [6.07, 6.45) is 2.29. The third-order valence-corrected chi connectivity index (χ3v) is 2.38. The minimum absolute atomic E-state index is 0.0194. The van der Waals surface area contributed by atoms with Crippen LogP contribution in [0.15, 0.2) is 0 Å². The fraction of sp³-hybridized carbons (Fsp3) is 0.800. The number of thiocarbonyl (C=S) groups is 1. The van der Waals surface area contributed by atoms with E-state index in [-0.39, 0.29) is 5.92 Å². The van der Waals surface area contributed by atoms with Gasteiger partial charge in [0, 0.05) is 20.1 Å². The molecule has 0 aromatic heterocycles.